The summed E-state index contributed by atoms with van der Waals surface area (Å²) in [5, 5.41) is 3.91. The van der Waals surface area contributed by atoms with Gasteiger partial charge in [0.1, 0.15) is 0 Å². The van der Waals surface area contributed by atoms with Gasteiger partial charge in [-0.1, -0.05) is 29.3 Å². The van der Waals surface area contributed by atoms with E-state index >= 15 is 0 Å². The standard InChI is InChI=1S/C13H9Br2Cl2NOS/c1-6(7-2-3-9(16)10(17)4-7)18-13(19)11-5-8(14)12(15)20-11/h2-6H,1H3,(H,18,19). The molecule has 0 fully saturated rings. The van der Waals surface area contributed by atoms with Crippen molar-refractivity contribution in [1.29, 1.82) is 0 Å². The van der Waals surface area contributed by atoms with Gasteiger partial charge < -0.3 is 5.32 Å². The fourth-order valence-electron chi connectivity index (χ4n) is 1.59. The molecule has 106 valence electrons. The number of thiophene rings is 1. The molecular formula is C13H9Br2Cl2NOS. The van der Waals surface area contributed by atoms with Gasteiger partial charge in [0.15, 0.2) is 0 Å². The lowest BCUT2D eigenvalue weighted by atomic mass is 10.1. The van der Waals surface area contributed by atoms with Crippen LogP contribution in [0, 0.1) is 0 Å². The van der Waals surface area contributed by atoms with Crippen LogP contribution in [0.3, 0.4) is 0 Å². The number of hydrogen-bond donors (Lipinski definition) is 1. The highest BCUT2D eigenvalue weighted by Crippen LogP contribution is 2.32. The number of carbonyl (C=O) groups excluding carboxylic acids is 1. The van der Waals surface area contributed by atoms with Crippen LogP contribution in [0.25, 0.3) is 0 Å². The fraction of sp³-hybridized carbons (Fsp3) is 0.154. The second-order valence-corrected chi connectivity index (χ2v) is 8.14. The van der Waals surface area contributed by atoms with Crippen LogP contribution >= 0.6 is 66.4 Å². The number of halogens is 4. The zero-order valence-corrected chi connectivity index (χ0v) is 15.7. The molecule has 1 amide bonds. The molecular weight excluding hydrogens is 449 g/mol. The molecule has 1 heterocycles. The quantitative estimate of drug-likeness (QED) is 0.595. The van der Waals surface area contributed by atoms with E-state index in [0.717, 1.165) is 13.8 Å². The Hall–Kier alpha value is -0.0700. The van der Waals surface area contributed by atoms with Crippen molar-refractivity contribution in [1.82, 2.24) is 5.32 Å². The fourth-order valence-corrected chi connectivity index (χ4v) is 3.84. The molecule has 20 heavy (non-hydrogen) atoms. The van der Waals surface area contributed by atoms with Crippen molar-refractivity contribution in [2.45, 2.75) is 13.0 Å². The molecule has 1 aromatic heterocycles. The topological polar surface area (TPSA) is 29.1 Å². The van der Waals surface area contributed by atoms with Gasteiger partial charge in [0.2, 0.25) is 0 Å². The minimum Gasteiger partial charge on any atom is -0.345 e. The average molecular weight is 458 g/mol. The summed E-state index contributed by atoms with van der Waals surface area (Å²) in [7, 11) is 0. The van der Waals surface area contributed by atoms with E-state index in [1.807, 2.05) is 13.0 Å². The number of nitrogens with one attached hydrogen (secondary N) is 1. The molecule has 2 rings (SSSR count). The highest BCUT2D eigenvalue weighted by Gasteiger charge is 2.15. The minimum atomic E-state index is -0.156. The van der Waals surface area contributed by atoms with Crippen LogP contribution < -0.4 is 5.32 Å². The van der Waals surface area contributed by atoms with Crippen LogP contribution in [-0.4, -0.2) is 5.91 Å². The number of hydrogen-bond acceptors (Lipinski definition) is 2. The summed E-state index contributed by atoms with van der Waals surface area (Å²) in [6, 6.07) is 6.96. The maximum absolute atomic E-state index is 12.1. The minimum absolute atomic E-state index is 0.125. The molecule has 2 nitrogen and oxygen atoms in total. The van der Waals surface area contributed by atoms with Crippen molar-refractivity contribution < 1.29 is 4.79 Å². The van der Waals surface area contributed by atoms with E-state index in [-0.39, 0.29) is 11.9 Å². The van der Waals surface area contributed by atoms with Gasteiger partial charge in [-0.25, -0.2) is 0 Å². The monoisotopic (exact) mass is 455 g/mol. The Morgan fingerprint density at radius 3 is 2.50 bits per heavy atom. The highest BCUT2D eigenvalue weighted by molar-refractivity contribution is 9.13. The van der Waals surface area contributed by atoms with E-state index in [9.17, 15) is 4.79 Å². The summed E-state index contributed by atoms with van der Waals surface area (Å²) in [6.45, 7) is 1.90. The zero-order valence-electron chi connectivity index (χ0n) is 10.2. The Morgan fingerprint density at radius 2 is 1.95 bits per heavy atom. The van der Waals surface area contributed by atoms with Gasteiger partial charge >= 0.3 is 0 Å². The first kappa shape index (κ1) is 16.3. The average Bonchev–Trinajstić information content (AvgIpc) is 2.73. The summed E-state index contributed by atoms with van der Waals surface area (Å²) >= 11 is 20.0. The Labute approximate surface area is 147 Å². The van der Waals surface area contributed by atoms with Crippen molar-refractivity contribution in [3.05, 3.63) is 53.0 Å². The maximum atomic E-state index is 12.1. The molecule has 1 aromatic carbocycles. The largest absolute Gasteiger partial charge is 0.345 e. The molecule has 1 atom stereocenters. The van der Waals surface area contributed by atoms with Gasteiger partial charge in [0, 0.05) is 4.47 Å². The first-order valence-electron chi connectivity index (χ1n) is 5.59. The van der Waals surface area contributed by atoms with Gasteiger partial charge in [-0.05, 0) is 62.5 Å². The summed E-state index contributed by atoms with van der Waals surface area (Å²) in [6.07, 6.45) is 0. The smallest absolute Gasteiger partial charge is 0.261 e. The Morgan fingerprint density at radius 1 is 1.25 bits per heavy atom. The van der Waals surface area contributed by atoms with E-state index in [2.05, 4.69) is 37.2 Å². The lowest BCUT2D eigenvalue weighted by molar-refractivity contribution is 0.0944. The lowest BCUT2D eigenvalue weighted by Gasteiger charge is -2.14. The third-order valence-electron chi connectivity index (χ3n) is 2.66. The number of carbonyl (C=O) groups is 1. The van der Waals surface area contributed by atoms with E-state index in [4.69, 9.17) is 23.2 Å². The van der Waals surface area contributed by atoms with Crippen molar-refractivity contribution in [2.24, 2.45) is 0 Å². The summed E-state index contributed by atoms with van der Waals surface area (Å²) < 4.78 is 1.76. The van der Waals surface area contributed by atoms with Crippen molar-refractivity contribution in [2.75, 3.05) is 0 Å². The van der Waals surface area contributed by atoms with E-state index < -0.39 is 0 Å². The second-order valence-electron chi connectivity index (χ2n) is 4.10. The molecule has 0 aliphatic heterocycles. The van der Waals surface area contributed by atoms with E-state index in [1.165, 1.54) is 11.3 Å². The molecule has 2 aromatic rings. The number of benzene rings is 1. The van der Waals surface area contributed by atoms with Gasteiger partial charge in [0.25, 0.3) is 5.91 Å². The normalized spacial score (nSPS) is 12.2. The SMILES string of the molecule is CC(NC(=O)c1cc(Br)c(Br)s1)c1ccc(Cl)c(Cl)c1. The van der Waals surface area contributed by atoms with Crippen molar-refractivity contribution in [3.63, 3.8) is 0 Å². The van der Waals surface area contributed by atoms with E-state index in [1.54, 1.807) is 18.2 Å². The van der Waals surface area contributed by atoms with Gasteiger partial charge in [-0.2, -0.15) is 0 Å². The van der Waals surface area contributed by atoms with Gasteiger partial charge in [-0.3, -0.25) is 4.79 Å². The van der Waals surface area contributed by atoms with Crippen LogP contribution in [0.4, 0.5) is 0 Å². The Bertz CT molecular complexity index is 640. The molecule has 1 unspecified atom stereocenters. The summed E-state index contributed by atoms with van der Waals surface area (Å²) in [5.41, 5.74) is 0.905. The number of rotatable bonds is 3. The van der Waals surface area contributed by atoms with Gasteiger partial charge in [0.05, 0.1) is 24.8 Å². The molecule has 0 aliphatic rings. The van der Waals surface area contributed by atoms with Gasteiger partial charge in [-0.15, -0.1) is 11.3 Å². The van der Waals surface area contributed by atoms with Crippen LogP contribution in [-0.2, 0) is 0 Å². The predicted octanol–water partition coefficient (Wildman–Crippen LogP) is 6.07. The molecule has 0 bridgehead atoms. The molecule has 0 saturated heterocycles. The molecule has 1 N–H and O–H groups in total. The van der Waals surface area contributed by atoms with Crippen LogP contribution in [0.1, 0.15) is 28.2 Å². The molecule has 0 saturated carbocycles. The molecule has 0 radical (unpaired) electrons. The van der Waals surface area contributed by atoms with Crippen LogP contribution in [0.2, 0.25) is 10.0 Å². The summed E-state index contributed by atoms with van der Waals surface area (Å²) in [5.74, 6) is -0.125. The molecule has 0 aliphatic carbocycles. The third-order valence-corrected chi connectivity index (χ3v) is 6.65. The van der Waals surface area contributed by atoms with Crippen LogP contribution in [0.15, 0.2) is 32.5 Å². The zero-order chi connectivity index (χ0) is 14.9. The first-order valence-corrected chi connectivity index (χ1v) is 8.75. The van der Waals surface area contributed by atoms with Crippen LogP contribution in [0.5, 0.6) is 0 Å². The molecule has 7 heteroatoms. The Kier molecular flexibility index (Phi) is 5.54. The van der Waals surface area contributed by atoms with Crippen molar-refractivity contribution in [3.8, 4) is 0 Å². The first-order chi connectivity index (χ1) is 9.38. The van der Waals surface area contributed by atoms with Crippen molar-refractivity contribution >= 4 is 72.3 Å². The van der Waals surface area contributed by atoms with E-state index in [0.29, 0.717) is 14.9 Å². The Balaban J connectivity index is 2.12. The summed E-state index contributed by atoms with van der Waals surface area (Å²) in [4.78, 5) is 12.8. The third kappa shape index (κ3) is 3.77. The molecule has 0 spiro atoms. The lowest BCUT2D eigenvalue weighted by Crippen LogP contribution is -2.25. The second kappa shape index (κ2) is 6.79. The number of amides is 1. The maximum Gasteiger partial charge on any atom is 0.261 e. The predicted molar refractivity (Wildman–Crippen MR) is 92.1 cm³/mol. The highest BCUT2D eigenvalue weighted by atomic mass is 79.9.